The minimum Gasteiger partial charge on any atom is -0.496 e. The second kappa shape index (κ2) is 15.4. The third kappa shape index (κ3) is 8.20. The van der Waals surface area contributed by atoms with Crippen LogP contribution in [0.1, 0.15) is 78.4 Å². The van der Waals surface area contributed by atoms with Crippen molar-refractivity contribution >= 4 is 17.5 Å². The zero-order valence-corrected chi connectivity index (χ0v) is 29.1. The van der Waals surface area contributed by atoms with Gasteiger partial charge >= 0.3 is 6.18 Å². The quantitative estimate of drug-likeness (QED) is 0.145. The van der Waals surface area contributed by atoms with E-state index in [1.807, 2.05) is 24.3 Å². The van der Waals surface area contributed by atoms with Crippen molar-refractivity contribution in [2.24, 2.45) is 23.7 Å². The van der Waals surface area contributed by atoms with E-state index in [4.69, 9.17) is 14.2 Å². The predicted molar refractivity (Wildman–Crippen MR) is 187 cm³/mol. The van der Waals surface area contributed by atoms with E-state index in [1.54, 1.807) is 12.1 Å². The SMILES string of the molecule is COc1ccc(COC2CCC(OCc3ccccc3)CC2)cc1C(=O)N[C@@H]1C2CCC(/C2=C/C2CC2)[C@@H]1C(=O)Nc1ccc(F)c(C(F)(F)F)c1. The van der Waals surface area contributed by atoms with Gasteiger partial charge in [-0.25, -0.2) is 4.39 Å². The van der Waals surface area contributed by atoms with E-state index in [0.29, 0.717) is 42.6 Å². The summed E-state index contributed by atoms with van der Waals surface area (Å²) in [4.78, 5) is 27.9. The van der Waals surface area contributed by atoms with Crippen LogP contribution in [0.25, 0.3) is 0 Å². The van der Waals surface area contributed by atoms with E-state index in [9.17, 15) is 27.2 Å². The molecule has 7 rings (SSSR count). The number of halogens is 4. The number of hydrogen-bond acceptors (Lipinski definition) is 5. The first-order chi connectivity index (χ1) is 25.1. The summed E-state index contributed by atoms with van der Waals surface area (Å²) in [6.45, 7) is 0.909. The molecule has 4 aliphatic carbocycles. The molecule has 3 aromatic carbocycles. The number of ether oxygens (including phenoxy) is 3. The number of methoxy groups -OCH3 is 1. The summed E-state index contributed by atoms with van der Waals surface area (Å²) >= 11 is 0. The van der Waals surface area contributed by atoms with Gasteiger partial charge in [-0.05, 0) is 105 Å². The van der Waals surface area contributed by atoms with Crippen LogP contribution < -0.4 is 15.4 Å². The average Bonchev–Trinajstić information content (AvgIpc) is 3.82. The van der Waals surface area contributed by atoms with Crippen LogP contribution in [-0.4, -0.2) is 37.2 Å². The summed E-state index contributed by atoms with van der Waals surface area (Å²) in [5, 5.41) is 5.74. The number of benzene rings is 3. The molecule has 2 N–H and O–H groups in total. The van der Waals surface area contributed by atoms with Crippen molar-refractivity contribution in [3.63, 3.8) is 0 Å². The smallest absolute Gasteiger partial charge is 0.419 e. The normalized spacial score (nSPS) is 26.4. The van der Waals surface area contributed by atoms with E-state index >= 15 is 0 Å². The molecule has 2 unspecified atom stereocenters. The maximum Gasteiger partial charge on any atom is 0.419 e. The Bertz CT molecular complexity index is 1790. The molecule has 4 aliphatic rings. The van der Waals surface area contributed by atoms with Gasteiger partial charge in [-0.2, -0.15) is 13.2 Å². The zero-order chi connectivity index (χ0) is 36.4. The highest BCUT2D eigenvalue weighted by Crippen LogP contribution is 2.54. The van der Waals surface area contributed by atoms with Gasteiger partial charge in [-0.3, -0.25) is 9.59 Å². The Balaban J connectivity index is 1.02. The molecule has 3 aromatic rings. The molecule has 0 aromatic heterocycles. The Morgan fingerprint density at radius 3 is 2.13 bits per heavy atom. The third-order valence-corrected chi connectivity index (χ3v) is 11.0. The van der Waals surface area contributed by atoms with Gasteiger partial charge in [0, 0.05) is 17.6 Å². The minimum atomic E-state index is -4.91. The van der Waals surface area contributed by atoms with E-state index in [1.165, 1.54) is 7.11 Å². The molecule has 2 bridgehead atoms. The number of fused-ring (bicyclic) bond motifs is 2. The largest absolute Gasteiger partial charge is 0.496 e. The highest BCUT2D eigenvalue weighted by Gasteiger charge is 2.55. The highest BCUT2D eigenvalue weighted by atomic mass is 19.4. The van der Waals surface area contributed by atoms with E-state index in [0.717, 1.165) is 74.1 Å². The standard InChI is InChI=1S/C41H44F4N2O5/c1-50-36-18-9-26(23-52-29-13-11-28(12-14-29)51-22-25-5-3-2-4-6-25)20-33(36)39(48)47-38-31-16-15-30(32(31)19-24-7-8-24)37(38)40(49)46-27-10-17-35(42)34(21-27)41(43,44)45/h2-6,9-10,17-21,24,28-31,37-38H,7-8,11-16,22-23H2,1H3,(H,46,49)(H,47,48)/b32-19-/t28?,29?,30?,31?,37-,38+/m0/s1. The molecular weight excluding hydrogens is 676 g/mol. The molecule has 0 spiro atoms. The lowest BCUT2D eigenvalue weighted by atomic mass is 9.83. The number of amides is 2. The Morgan fingerprint density at radius 2 is 1.48 bits per heavy atom. The fourth-order valence-corrected chi connectivity index (χ4v) is 8.23. The summed E-state index contributed by atoms with van der Waals surface area (Å²) in [5.41, 5.74) is 1.81. The summed E-state index contributed by atoms with van der Waals surface area (Å²) < 4.78 is 72.2. The Kier molecular flexibility index (Phi) is 10.7. The van der Waals surface area contributed by atoms with Gasteiger partial charge in [0.1, 0.15) is 11.6 Å². The zero-order valence-electron chi connectivity index (χ0n) is 29.1. The monoisotopic (exact) mass is 720 g/mol. The lowest BCUT2D eigenvalue weighted by molar-refractivity contribution is -0.140. The number of hydrogen-bond donors (Lipinski definition) is 2. The van der Waals surface area contributed by atoms with Crippen LogP contribution in [0.15, 0.2) is 78.4 Å². The van der Waals surface area contributed by atoms with Crippen molar-refractivity contribution in [1.82, 2.24) is 5.32 Å². The van der Waals surface area contributed by atoms with Crippen molar-refractivity contribution < 1.29 is 41.4 Å². The summed E-state index contributed by atoms with van der Waals surface area (Å²) in [6.07, 6.45) is 4.84. The second-order valence-electron chi connectivity index (χ2n) is 14.5. The molecule has 0 heterocycles. The lowest BCUT2D eigenvalue weighted by Crippen LogP contribution is -2.48. The maximum absolute atomic E-state index is 14.0. The summed E-state index contributed by atoms with van der Waals surface area (Å²) in [7, 11) is 1.49. The fourth-order valence-electron chi connectivity index (χ4n) is 8.23. The van der Waals surface area contributed by atoms with E-state index in [-0.39, 0.29) is 29.7 Å². The number of rotatable bonds is 12. The molecule has 7 nitrogen and oxygen atoms in total. The van der Waals surface area contributed by atoms with Crippen molar-refractivity contribution in [2.75, 3.05) is 12.4 Å². The molecule has 0 radical (unpaired) electrons. The molecule has 11 heteroatoms. The molecule has 0 aliphatic heterocycles. The van der Waals surface area contributed by atoms with Gasteiger partial charge in [0.15, 0.2) is 0 Å². The topological polar surface area (TPSA) is 85.9 Å². The van der Waals surface area contributed by atoms with Crippen molar-refractivity contribution in [3.05, 3.63) is 106 Å². The van der Waals surface area contributed by atoms with Gasteiger partial charge in [-0.1, -0.05) is 48.0 Å². The van der Waals surface area contributed by atoms with Gasteiger partial charge in [0.2, 0.25) is 5.91 Å². The molecule has 276 valence electrons. The molecule has 0 saturated heterocycles. The number of anilines is 1. The number of carbonyl (C=O) groups is 2. The molecule has 2 amide bonds. The van der Waals surface area contributed by atoms with Gasteiger partial charge in [0.25, 0.3) is 5.91 Å². The van der Waals surface area contributed by atoms with Crippen molar-refractivity contribution in [2.45, 2.75) is 89.0 Å². The van der Waals surface area contributed by atoms with Crippen molar-refractivity contribution in [1.29, 1.82) is 0 Å². The van der Waals surface area contributed by atoms with Crippen LogP contribution in [-0.2, 0) is 33.7 Å². The van der Waals surface area contributed by atoms with E-state index < -0.39 is 41.3 Å². The first-order valence-corrected chi connectivity index (χ1v) is 18.2. The molecule has 4 saturated carbocycles. The van der Waals surface area contributed by atoms with Crippen LogP contribution >= 0.6 is 0 Å². The summed E-state index contributed by atoms with van der Waals surface area (Å²) in [5.74, 6) is -2.45. The minimum absolute atomic E-state index is 0.0754. The maximum atomic E-state index is 14.0. The van der Waals surface area contributed by atoms with Crippen LogP contribution in [0.3, 0.4) is 0 Å². The van der Waals surface area contributed by atoms with Crippen LogP contribution in [0.2, 0.25) is 0 Å². The molecule has 4 fully saturated rings. The molecule has 52 heavy (non-hydrogen) atoms. The fraction of sp³-hybridized carbons (Fsp3) is 0.463. The number of nitrogens with one attached hydrogen (secondary N) is 2. The van der Waals surface area contributed by atoms with Gasteiger partial charge in [-0.15, -0.1) is 0 Å². The predicted octanol–water partition coefficient (Wildman–Crippen LogP) is 8.63. The molecular formula is C41H44F4N2O5. The third-order valence-electron chi connectivity index (χ3n) is 11.0. The Hall–Kier alpha value is -4.22. The van der Waals surface area contributed by atoms with Crippen LogP contribution in [0.5, 0.6) is 5.75 Å². The number of allylic oxidation sites excluding steroid dienone is 1. The van der Waals surface area contributed by atoms with Gasteiger partial charge < -0.3 is 24.8 Å². The van der Waals surface area contributed by atoms with Crippen LogP contribution in [0, 0.1) is 29.5 Å². The molecule has 4 atom stereocenters. The van der Waals surface area contributed by atoms with Crippen LogP contribution in [0.4, 0.5) is 23.2 Å². The Morgan fingerprint density at radius 1 is 0.808 bits per heavy atom. The first-order valence-electron chi connectivity index (χ1n) is 18.2. The summed E-state index contributed by atoms with van der Waals surface area (Å²) in [6, 6.07) is 17.3. The second-order valence-corrected chi connectivity index (χ2v) is 14.5. The number of carbonyl (C=O) groups excluding carboxylic acids is 2. The highest BCUT2D eigenvalue weighted by molar-refractivity contribution is 5.99. The lowest BCUT2D eigenvalue weighted by Gasteiger charge is -2.30. The van der Waals surface area contributed by atoms with E-state index in [2.05, 4.69) is 28.8 Å². The van der Waals surface area contributed by atoms with Gasteiger partial charge in [0.05, 0.1) is 49.6 Å². The Labute approximate surface area is 301 Å². The average molecular weight is 721 g/mol. The number of alkyl halides is 3. The first kappa shape index (κ1) is 36.2. The van der Waals surface area contributed by atoms with Crippen molar-refractivity contribution in [3.8, 4) is 5.75 Å².